The Morgan fingerprint density at radius 3 is 2.44 bits per heavy atom. The van der Waals surface area contributed by atoms with E-state index < -0.39 is 27.7 Å². The van der Waals surface area contributed by atoms with Crippen molar-refractivity contribution in [1.82, 2.24) is 9.36 Å². The largest absolute Gasteiger partial charge is 0.449 e. The van der Waals surface area contributed by atoms with Crippen LogP contribution in [0.1, 0.15) is 35.0 Å². The number of sulfonamides is 1. The second-order valence-corrected chi connectivity index (χ2v) is 11.5. The molecule has 0 unspecified atom stereocenters. The predicted molar refractivity (Wildman–Crippen MR) is 155 cm³/mol. The molecule has 1 amide bonds. The van der Waals surface area contributed by atoms with E-state index in [2.05, 4.69) is 4.72 Å². The molecule has 0 fully saturated rings. The minimum absolute atomic E-state index is 0.0435. The molecule has 0 bridgehead atoms. The van der Waals surface area contributed by atoms with Gasteiger partial charge in [-0.05, 0) is 68.7 Å². The molecule has 0 radical (unpaired) electrons. The molecule has 1 aliphatic rings. The quantitative estimate of drug-likeness (QED) is 0.335. The van der Waals surface area contributed by atoms with Crippen LogP contribution in [0.5, 0.6) is 0 Å². The van der Waals surface area contributed by atoms with Crippen LogP contribution in [0.2, 0.25) is 0 Å². The molecule has 11 heteroatoms. The summed E-state index contributed by atoms with van der Waals surface area (Å²) in [6.07, 6.45) is 0.579. The average Bonchev–Trinajstić information content (AvgIpc) is 3.19. The van der Waals surface area contributed by atoms with Gasteiger partial charge in [0, 0.05) is 19.3 Å². The molecule has 1 aliphatic heterocycles. The highest BCUT2D eigenvalue weighted by molar-refractivity contribution is 7.92. The molecule has 5 rings (SSSR count). The summed E-state index contributed by atoms with van der Waals surface area (Å²) in [7, 11) is -2.60. The van der Waals surface area contributed by atoms with Gasteiger partial charge < -0.3 is 9.64 Å². The Balaban J connectivity index is 1.34. The van der Waals surface area contributed by atoms with E-state index in [1.165, 1.54) is 29.8 Å². The van der Waals surface area contributed by atoms with E-state index in [4.69, 9.17) is 4.74 Å². The summed E-state index contributed by atoms with van der Waals surface area (Å²) in [4.78, 5) is 40.7. The Labute approximate surface area is 237 Å². The Morgan fingerprint density at radius 1 is 0.976 bits per heavy atom. The highest BCUT2D eigenvalue weighted by Gasteiger charge is 2.29. The second-order valence-electron chi connectivity index (χ2n) is 9.84. The van der Waals surface area contributed by atoms with Gasteiger partial charge in [-0.1, -0.05) is 42.5 Å². The van der Waals surface area contributed by atoms with E-state index >= 15 is 0 Å². The van der Waals surface area contributed by atoms with Gasteiger partial charge in [-0.25, -0.2) is 17.9 Å². The van der Waals surface area contributed by atoms with E-state index in [0.29, 0.717) is 17.9 Å². The number of ether oxygens (including phenoxy) is 1. The fourth-order valence-corrected chi connectivity index (χ4v) is 6.09. The standard InChI is InChI=1S/C30H30N4O6S/c1-20-27(29(36)34(32(20)3)24-14-5-4-6-15-24)31-41(38,39)25-16-9-12-23(19-25)30(37)40-21(2)28(35)33-18-10-13-22-11-7-8-17-26(22)33/h4-9,11-12,14-17,19,21,31H,10,13,18H2,1-3H3/t21-/m1/s1. The zero-order valence-electron chi connectivity index (χ0n) is 22.9. The number of hydrogen-bond acceptors (Lipinski definition) is 6. The highest BCUT2D eigenvalue weighted by Crippen LogP contribution is 2.28. The fourth-order valence-electron chi connectivity index (χ4n) is 4.93. The first kappa shape index (κ1) is 27.9. The van der Waals surface area contributed by atoms with Crippen molar-refractivity contribution in [2.45, 2.75) is 37.7 Å². The van der Waals surface area contributed by atoms with Gasteiger partial charge in [0.1, 0.15) is 5.69 Å². The number of esters is 1. The van der Waals surface area contributed by atoms with Crippen molar-refractivity contribution >= 4 is 33.3 Å². The first-order chi connectivity index (χ1) is 19.6. The number of aryl methyl sites for hydroxylation is 1. The average molecular weight is 575 g/mol. The number of aromatic nitrogens is 2. The van der Waals surface area contributed by atoms with Gasteiger partial charge in [-0.3, -0.25) is 19.0 Å². The molecule has 212 valence electrons. The minimum atomic E-state index is -4.25. The third kappa shape index (κ3) is 5.40. The van der Waals surface area contributed by atoms with Crippen molar-refractivity contribution in [3.63, 3.8) is 0 Å². The number of hydrogen-bond donors (Lipinski definition) is 1. The summed E-state index contributed by atoms with van der Waals surface area (Å²) in [6, 6.07) is 21.7. The molecule has 10 nitrogen and oxygen atoms in total. The summed E-state index contributed by atoms with van der Waals surface area (Å²) < 4.78 is 37.4. The number of nitrogens with one attached hydrogen (secondary N) is 1. The fraction of sp³-hybridized carbons (Fsp3) is 0.233. The molecule has 0 aliphatic carbocycles. The molecule has 3 aromatic carbocycles. The van der Waals surface area contributed by atoms with E-state index in [1.54, 1.807) is 47.8 Å². The zero-order chi connectivity index (χ0) is 29.3. The summed E-state index contributed by atoms with van der Waals surface area (Å²) in [5, 5.41) is 0. The van der Waals surface area contributed by atoms with E-state index in [1.807, 2.05) is 30.3 Å². The van der Waals surface area contributed by atoms with Gasteiger partial charge in [0.15, 0.2) is 6.10 Å². The molecular weight excluding hydrogens is 544 g/mol. The van der Waals surface area contributed by atoms with Crippen molar-refractivity contribution in [2.75, 3.05) is 16.2 Å². The maximum Gasteiger partial charge on any atom is 0.338 e. The van der Waals surface area contributed by atoms with Crippen molar-refractivity contribution in [2.24, 2.45) is 7.05 Å². The topological polar surface area (TPSA) is 120 Å². The van der Waals surface area contributed by atoms with Crippen molar-refractivity contribution in [1.29, 1.82) is 0 Å². The molecule has 0 saturated heterocycles. The zero-order valence-corrected chi connectivity index (χ0v) is 23.7. The lowest BCUT2D eigenvalue weighted by Crippen LogP contribution is -2.42. The summed E-state index contributed by atoms with van der Waals surface area (Å²) in [5.41, 5.74) is 2.15. The van der Waals surface area contributed by atoms with Gasteiger partial charge in [0.2, 0.25) is 0 Å². The van der Waals surface area contributed by atoms with E-state index in [9.17, 15) is 22.8 Å². The van der Waals surface area contributed by atoms with Crippen LogP contribution in [0.4, 0.5) is 11.4 Å². The molecule has 0 spiro atoms. The second kappa shape index (κ2) is 11.1. The first-order valence-corrected chi connectivity index (χ1v) is 14.6. The minimum Gasteiger partial charge on any atom is -0.449 e. The van der Waals surface area contributed by atoms with Crippen LogP contribution in [0.3, 0.4) is 0 Å². The summed E-state index contributed by atoms with van der Waals surface area (Å²) >= 11 is 0. The third-order valence-corrected chi connectivity index (χ3v) is 8.53. The maximum atomic E-state index is 13.3. The van der Waals surface area contributed by atoms with Crippen LogP contribution in [0, 0.1) is 6.92 Å². The number of rotatable bonds is 7. The normalized spacial score (nSPS) is 13.8. The molecular formula is C30H30N4O6S. The first-order valence-electron chi connectivity index (χ1n) is 13.2. The van der Waals surface area contributed by atoms with Crippen LogP contribution >= 0.6 is 0 Å². The van der Waals surface area contributed by atoms with E-state index in [0.717, 1.165) is 30.2 Å². The van der Waals surface area contributed by atoms with E-state index in [-0.39, 0.29) is 22.1 Å². The number of anilines is 2. The molecule has 1 atom stereocenters. The number of benzene rings is 3. The molecule has 1 aromatic heterocycles. The summed E-state index contributed by atoms with van der Waals surface area (Å²) in [6.45, 7) is 3.64. The van der Waals surface area contributed by atoms with Crippen LogP contribution in [0.15, 0.2) is 88.6 Å². The Morgan fingerprint density at radius 2 is 1.68 bits per heavy atom. The maximum absolute atomic E-state index is 13.3. The SMILES string of the molecule is Cc1c(NS(=O)(=O)c2cccc(C(=O)O[C@H](C)C(=O)N3CCCc4ccccc43)c2)c(=O)n(-c2ccccc2)n1C. The number of fused-ring (bicyclic) bond motifs is 1. The smallest absolute Gasteiger partial charge is 0.338 e. The van der Waals surface area contributed by atoms with Gasteiger partial charge >= 0.3 is 5.97 Å². The molecule has 1 N–H and O–H groups in total. The van der Waals surface area contributed by atoms with Gasteiger partial charge in [0.25, 0.3) is 21.5 Å². The molecule has 0 saturated carbocycles. The number of carbonyl (C=O) groups excluding carboxylic acids is 2. The van der Waals surface area contributed by atoms with Crippen molar-refractivity contribution in [3.8, 4) is 5.69 Å². The number of nitrogens with zero attached hydrogens (tertiary/aromatic N) is 3. The lowest BCUT2D eigenvalue weighted by molar-refractivity contribution is -0.126. The third-order valence-electron chi connectivity index (χ3n) is 7.18. The lowest BCUT2D eigenvalue weighted by Gasteiger charge is -2.31. The van der Waals surface area contributed by atoms with Crippen LogP contribution < -0.4 is 15.2 Å². The Kier molecular flexibility index (Phi) is 7.55. The monoisotopic (exact) mass is 574 g/mol. The number of amides is 1. The molecule has 2 heterocycles. The van der Waals surface area contributed by atoms with Gasteiger partial charge in [0.05, 0.1) is 21.8 Å². The Bertz CT molecular complexity index is 1790. The van der Waals surface area contributed by atoms with Gasteiger partial charge in [-0.15, -0.1) is 0 Å². The van der Waals surface area contributed by atoms with Crippen LogP contribution in [-0.2, 0) is 33.0 Å². The molecule has 4 aromatic rings. The van der Waals surface area contributed by atoms with Gasteiger partial charge in [-0.2, -0.15) is 0 Å². The Hall–Kier alpha value is -4.64. The molecule has 41 heavy (non-hydrogen) atoms. The van der Waals surface area contributed by atoms with Crippen molar-refractivity contribution in [3.05, 3.63) is 106 Å². The number of para-hydroxylation sites is 2. The highest BCUT2D eigenvalue weighted by atomic mass is 32.2. The van der Waals surface area contributed by atoms with Crippen molar-refractivity contribution < 1.29 is 22.7 Å². The van der Waals surface area contributed by atoms with Crippen LogP contribution in [0.25, 0.3) is 5.69 Å². The number of carbonyl (C=O) groups is 2. The predicted octanol–water partition coefficient (Wildman–Crippen LogP) is 3.81. The summed E-state index contributed by atoms with van der Waals surface area (Å²) in [5.74, 6) is -1.19. The van der Waals surface area contributed by atoms with Crippen LogP contribution in [-0.4, -0.2) is 42.3 Å². The lowest BCUT2D eigenvalue weighted by atomic mass is 10.0.